The Morgan fingerprint density at radius 1 is 1.14 bits per heavy atom. The van der Waals surface area contributed by atoms with E-state index in [0.29, 0.717) is 0 Å². The molecular weight excluding hydrogens is 370 g/mol. The highest BCUT2D eigenvalue weighted by Crippen LogP contribution is 2.66. The van der Waals surface area contributed by atoms with Crippen LogP contribution in [0.15, 0.2) is 0 Å². The summed E-state index contributed by atoms with van der Waals surface area (Å²) in [6, 6.07) is -0.761. The SMILES string of the molecule is [B][C@H]1CC(ON)[C@@H](COP(=O)(O)OP(=O)(O)OP(=O)(O)O)O1. The molecule has 0 amide bonds. The quantitative estimate of drug-likeness (QED) is 0.191. The first-order valence-corrected chi connectivity index (χ1v) is 9.90. The second-order valence-electron chi connectivity index (χ2n) is 4.01. The Morgan fingerprint density at radius 3 is 2.23 bits per heavy atom. The van der Waals surface area contributed by atoms with E-state index >= 15 is 0 Å². The van der Waals surface area contributed by atoms with E-state index in [0.717, 1.165) is 0 Å². The Bertz CT molecular complexity index is 523. The standard InChI is InChI=1S/C5H13BNO12P3/c6-5-1-3(17-7)4(16-5)2-15-21(11,12)19-22(13,14)18-20(8,9)10/h3-5H,1-2,7H2,(H,11,12)(H,13,14)(H2,8,9,10)/t3?,4-,5-/m1/s1. The maximum atomic E-state index is 11.4. The lowest BCUT2D eigenvalue weighted by molar-refractivity contribution is -0.0375. The van der Waals surface area contributed by atoms with Crippen molar-refractivity contribution in [2.75, 3.05) is 6.61 Å². The van der Waals surface area contributed by atoms with E-state index in [2.05, 4.69) is 18.0 Å². The fourth-order valence-corrected chi connectivity index (χ4v) is 4.54. The Morgan fingerprint density at radius 2 is 1.73 bits per heavy atom. The number of hydrogen-bond acceptors (Lipinski definition) is 9. The first kappa shape index (κ1) is 20.4. The highest BCUT2D eigenvalue weighted by atomic mass is 31.3. The van der Waals surface area contributed by atoms with Crippen LogP contribution in [0.2, 0.25) is 0 Å². The third-order valence-electron chi connectivity index (χ3n) is 2.22. The Kier molecular flexibility index (Phi) is 6.95. The molecular formula is C5H13BNO12P3. The van der Waals surface area contributed by atoms with Crippen molar-refractivity contribution < 1.29 is 56.0 Å². The Labute approximate surface area is 125 Å². The molecule has 1 rings (SSSR count). The summed E-state index contributed by atoms with van der Waals surface area (Å²) in [5, 5.41) is 0. The van der Waals surface area contributed by atoms with Crippen molar-refractivity contribution in [3.05, 3.63) is 0 Å². The maximum absolute atomic E-state index is 11.4. The maximum Gasteiger partial charge on any atom is 0.490 e. The minimum Gasteiger partial charge on any atom is -0.379 e. The summed E-state index contributed by atoms with van der Waals surface area (Å²) in [5.74, 6) is 4.95. The van der Waals surface area contributed by atoms with Crippen molar-refractivity contribution in [3.63, 3.8) is 0 Å². The van der Waals surface area contributed by atoms with Crippen LogP contribution in [0.4, 0.5) is 0 Å². The molecule has 1 saturated heterocycles. The number of rotatable bonds is 8. The summed E-state index contributed by atoms with van der Waals surface area (Å²) in [6.45, 7) is -0.667. The van der Waals surface area contributed by atoms with Gasteiger partial charge in [0.15, 0.2) is 0 Å². The second-order valence-corrected chi connectivity index (χ2v) is 8.43. The van der Waals surface area contributed by atoms with Crippen molar-refractivity contribution in [3.8, 4) is 0 Å². The van der Waals surface area contributed by atoms with Crippen molar-refractivity contribution in [2.45, 2.75) is 24.6 Å². The van der Waals surface area contributed by atoms with Gasteiger partial charge in [0, 0.05) is 6.00 Å². The zero-order valence-electron chi connectivity index (χ0n) is 10.7. The Balaban J connectivity index is 2.59. The predicted molar refractivity (Wildman–Crippen MR) is 67.9 cm³/mol. The number of nitrogens with two attached hydrogens (primary N) is 1. The van der Waals surface area contributed by atoms with Gasteiger partial charge in [0.2, 0.25) is 0 Å². The van der Waals surface area contributed by atoms with E-state index in [1.54, 1.807) is 0 Å². The minimum atomic E-state index is -5.55. The van der Waals surface area contributed by atoms with Crippen LogP contribution in [0.1, 0.15) is 6.42 Å². The summed E-state index contributed by atoms with van der Waals surface area (Å²) in [4.78, 5) is 39.3. The van der Waals surface area contributed by atoms with Crippen molar-refractivity contribution in [1.29, 1.82) is 0 Å². The zero-order chi connectivity index (χ0) is 17.2. The van der Waals surface area contributed by atoms with Crippen LogP contribution in [-0.2, 0) is 36.4 Å². The second kappa shape index (κ2) is 7.50. The third-order valence-corrected chi connectivity index (χ3v) is 6.02. The van der Waals surface area contributed by atoms with Crippen molar-refractivity contribution in [2.24, 2.45) is 5.90 Å². The molecule has 2 radical (unpaired) electrons. The summed E-state index contributed by atoms with van der Waals surface area (Å²) < 4.78 is 49.4. The lowest BCUT2D eigenvalue weighted by atomic mass is 9.96. The molecule has 13 nitrogen and oxygen atoms in total. The molecule has 17 heteroatoms. The Hall–Kier alpha value is 0.355. The molecule has 1 aliphatic rings. The first-order valence-electron chi connectivity index (χ1n) is 5.38. The highest BCUT2D eigenvalue weighted by molar-refractivity contribution is 7.66. The monoisotopic (exact) mass is 383 g/mol. The topological polar surface area (TPSA) is 204 Å². The molecule has 0 saturated carbocycles. The molecule has 0 aromatic heterocycles. The predicted octanol–water partition coefficient (Wildman–Crippen LogP) is -1.13. The molecule has 0 bridgehead atoms. The number of hydrogen-bond donors (Lipinski definition) is 5. The summed E-state index contributed by atoms with van der Waals surface area (Å²) in [7, 11) is -10.8. The van der Waals surface area contributed by atoms with E-state index in [4.69, 9.17) is 33.2 Å². The van der Waals surface area contributed by atoms with E-state index in [9.17, 15) is 18.6 Å². The lowest BCUT2D eigenvalue weighted by Gasteiger charge is -2.20. The third kappa shape index (κ3) is 7.28. The molecule has 1 heterocycles. The van der Waals surface area contributed by atoms with Gasteiger partial charge in [-0.15, -0.1) is 0 Å². The van der Waals surface area contributed by atoms with Gasteiger partial charge in [-0.25, -0.2) is 19.6 Å². The molecule has 0 spiro atoms. The van der Waals surface area contributed by atoms with Gasteiger partial charge in [0.1, 0.15) is 20.1 Å². The molecule has 5 atom stereocenters. The molecule has 0 aliphatic carbocycles. The van der Waals surface area contributed by atoms with Gasteiger partial charge in [-0.2, -0.15) is 8.62 Å². The number of phosphoric ester groups is 1. The number of ether oxygens (including phenoxy) is 1. The van der Waals surface area contributed by atoms with Gasteiger partial charge >= 0.3 is 23.5 Å². The molecule has 1 fully saturated rings. The number of phosphoric acid groups is 3. The van der Waals surface area contributed by atoms with Crippen LogP contribution in [0.25, 0.3) is 0 Å². The van der Waals surface area contributed by atoms with E-state index in [1.807, 2.05) is 0 Å². The fourth-order valence-electron chi connectivity index (χ4n) is 1.51. The smallest absolute Gasteiger partial charge is 0.379 e. The van der Waals surface area contributed by atoms with Crippen molar-refractivity contribution >= 4 is 31.3 Å². The lowest BCUT2D eigenvalue weighted by Crippen LogP contribution is -2.31. The van der Waals surface area contributed by atoms with Gasteiger partial charge in [0.05, 0.1) is 6.61 Å². The largest absolute Gasteiger partial charge is 0.490 e. The fraction of sp³-hybridized carbons (Fsp3) is 1.00. The molecule has 0 aromatic carbocycles. The van der Waals surface area contributed by atoms with Crippen LogP contribution in [-0.4, -0.2) is 52.2 Å². The molecule has 22 heavy (non-hydrogen) atoms. The summed E-state index contributed by atoms with van der Waals surface area (Å²) in [5.41, 5.74) is 0. The molecule has 0 aromatic rings. The molecule has 1 aliphatic heterocycles. The normalized spacial score (nSPS) is 31.6. The average Bonchev–Trinajstić information content (AvgIpc) is 2.62. The molecule has 128 valence electrons. The van der Waals surface area contributed by atoms with Gasteiger partial charge in [-0.05, 0) is 6.42 Å². The van der Waals surface area contributed by atoms with Crippen LogP contribution >= 0.6 is 23.5 Å². The van der Waals surface area contributed by atoms with E-state index in [-0.39, 0.29) is 6.42 Å². The summed E-state index contributed by atoms with van der Waals surface area (Å²) in [6.07, 6.45) is -1.56. The van der Waals surface area contributed by atoms with E-state index in [1.165, 1.54) is 0 Å². The van der Waals surface area contributed by atoms with Crippen LogP contribution in [0.5, 0.6) is 0 Å². The minimum absolute atomic E-state index is 0.168. The molecule has 6 N–H and O–H groups in total. The first-order chi connectivity index (χ1) is 9.84. The van der Waals surface area contributed by atoms with Gasteiger partial charge in [-0.1, -0.05) is 0 Å². The van der Waals surface area contributed by atoms with Crippen LogP contribution < -0.4 is 5.90 Å². The van der Waals surface area contributed by atoms with Gasteiger partial charge < -0.3 is 24.3 Å². The summed E-state index contributed by atoms with van der Waals surface area (Å²) >= 11 is 0. The van der Waals surface area contributed by atoms with E-state index < -0.39 is 48.3 Å². The zero-order valence-corrected chi connectivity index (χ0v) is 13.4. The highest BCUT2D eigenvalue weighted by Gasteiger charge is 2.42. The van der Waals surface area contributed by atoms with Gasteiger partial charge in [0.25, 0.3) is 0 Å². The average molecular weight is 383 g/mol. The van der Waals surface area contributed by atoms with Crippen molar-refractivity contribution in [1.82, 2.24) is 0 Å². The molecule has 3 unspecified atom stereocenters. The van der Waals surface area contributed by atoms with Gasteiger partial charge in [-0.3, -0.25) is 9.36 Å². The van der Waals surface area contributed by atoms with Crippen LogP contribution in [0.3, 0.4) is 0 Å². The van der Waals surface area contributed by atoms with Crippen LogP contribution in [0, 0.1) is 0 Å².